The van der Waals surface area contributed by atoms with Crippen molar-refractivity contribution in [2.75, 3.05) is 26.7 Å². The van der Waals surface area contributed by atoms with Crippen LogP contribution in [-0.4, -0.2) is 48.3 Å². The van der Waals surface area contributed by atoms with E-state index in [1.54, 1.807) is 22.9 Å². The average Bonchev–Trinajstić information content (AvgIpc) is 2.61. The van der Waals surface area contributed by atoms with E-state index in [0.29, 0.717) is 18.7 Å². The number of ketones is 1. The molecule has 1 saturated heterocycles. The quantitative estimate of drug-likeness (QED) is 0.742. The fourth-order valence-corrected chi connectivity index (χ4v) is 1.93. The summed E-state index contributed by atoms with van der Waals surface area (Å²) in [5.74, 6) is -0.00245. The van der Waals surface area contributed by atoms with Gasteiger partial charge >= 0.3 is 6.03 Å². The van der Waals surface area contributed by atoms with Crippen LogP contribution in [0.5, 0.6) is 0 Å². The number of carbonyl (C=O) groups excluding carboxylic acids is 2. The molecule has 0 saturated carbocycles. The molecule has 4 nitrogen and oxygen atoms in total. The van der Waals surface area contributed by atoms with Gasteiger partial charge in [0.05, 0.1) is 6.54 Å². The third-order valence-corrected chi connectivity index (χ3v) is 2.98. The Bertz CT molecular complexity index is 456. The Labute approximate surface area is 101 Å². The minimum absolute atomic E-state index is 0.00245. The first-order valence-corrected chi connectivity index (χ1v) is 5.68. The number of benzene rings is 1. The zero-order valence-electron chi connectivity index (χ0n) is 10.1. The Hall–Kier alpha value is -1.84. The normalized spacial score (nSPS) is 15.5. The van der Waals surface area contributed by atoms with Crippen LogP contribution in [0.2, 0.25) is 0 Å². The van der Waals surface area contributed by atoms with Gasteiger partial charge in [-0.3, -0.25) is 4.79 Å². The Morgan fingerprint density at radius 2 is 2.12 bits per heavy atom. The minimum atomic E-state index is -0.0639. The number of nitrogens with zero attached hydrogens (tertiary/aromatic N) is 2. The number of aryl methyl sites for hydroxylation is 1. The summed E-state index contributed by atoms with van der Waals surface area (Å²) in [4.78, 5) is 26.8. The summed E-state index contributed by atoms with van der Waals surface area (Å²) >= 11 is 0. The van der Waals surface area contributed by atoms with E-state index >= 15 is 0 Å². The van der Waals surface area contributed by atoms with Crippen LogP contribution in [0, 0.1) is 6.92 Å². The molecule has 0 atom stereocenters. The standard InChI is InChI=1S/C13H16N2O2/c1-10-4-3-5-11(8-10)12(16)9-15-7-6-14(2)13(15)17/h3-5,8H,6-7,9H2,1-2H3. The molecule has 2 rings (SSSR count). The number of likely N-dealkylation sites (N-methyl/N-ethyl adjacent to an activating group) is 1. The second-order valence-electron chi connectivity index (χ2n) is 4.42. The first-order valence-electron chi connectivity index (χ1n) is 5.68. The Morgan fingerprint density at radius 3 is 2.71 bits per heavy atom. The SMILES string of the molecule is Cc1cccc(C(=O)CN2CCN(C)C2=O)c1. The van der Waals surface area contributed by atoms with Crippen molar-refractivity contribution < 1.29 is 9.59 Å². The van der Waals surface area contributed by atoms with Gasteiger partial charge in [-0.2, -0.15) is 0 Å². The third-order valence-electron chi connectivity index (χ3n) is 2.98. The molecule has 1 aliphatic heterocycles. The lowest BCUT2D eigenvalue weighted by molar-refractivity contribution is 0.0952. The van der Waals surface area contributed by atoms with Gasteiger partial charge in [-0.15, -0.1) is 0 Å². The Morgan fingerprint density at radius 1 is 1.35 bits per heavy atom. The van der Waals surface area contributed by atoms with Gasteiger partial charge in [0.2, 0.25) is 0 Å². The van der Waals surface area contributed by atoms with Crippen LogP contribution in [-0.2, 0) is 0 Å². The zero-order chi connectivity index (χ0) is 12.4. The fourth-order valence-electron chi connectivity index (χ4n) is 1.93. The van der Waals surface area contributed by atoms with Gasteiger partial charge in [-0.05, 0) is 13.0 Å². The van der Waals surface area contributed by atoms with Crippen LogP contribution in [0.3, 0.4) is 0 Å². The van der Waals surface area contributed by atoms with Crippen LogP contribution in [0.4, 0.5) is 4.79 Å². The van der Waals surface area contributed by atoms with Gasteiger partial charge in [0, 0.05) is 25.7 Å². The molecule has 90 valence electrons. The summed E-state index contributed by atoms with van der Waals surface area (Å²) in [7, 11) is 1.75. The number of urea groups is 1. The fraction of sp³-hybridized carbons (Fsp3) is 0.385. The second-order valence-corrected chi connectivity index (χ2v) is 4.42. The van der Waals surface area contributed by atoms with Gasteiger partial charge in [-0.1, -0.05) is 23.8 Å². The zero-order valence-corrected chi connectivity index (χ0v) is 10.1. The van der Waals surface area contributed by atoms with E-state index in [0.717, 1.165) is 5.56 Å². The molecule has 1 fully saturated rings. The van der Waals surface area contributed by atoms with Gasteiger partial charge in [0.25, 0.3) is 0 Å². The van der Waals surface area contributed by atoms with E-state index in [2.05, 4.69) is 0 Å². The first-order chi connectivity index (χ1) is 8.08. The second kappa shape index (κ2) is 4.57. The number of hydrogen-bond acceptors (Lipinski definition) is 2. The van der Waals surface area contributed by atoms with Crippen molar-refractivity contribution in [2.24, 2.45) is 0 Å². The van der Waals surface area contributed by atoms with Crippen molar-refractivity contribution in [3.63, 3.8) is 0 Å². The number of Topliss-reactive ketones (excluding diaryl/α,β-unsaturated/α-hetero) is 1. The number of hydrogen-bond donors (Lipinski definition) is 0. The lowest BCUT2D eigenvalue weighted by Gasteiger charge is -2.14. The smallest absolute Gasteiger partial charge is 0.320 e. The number of amides is 2. The lowest BCUT2D eigenvalue weighted by Crippen LogP contribution is -2.33. The van der Waals surface area contributed by atoms with Crippen molar-refractivity contribution in [3.05, 3.63) is 35.4 Å². The van der Waals surface area contributed by atoms with Crippen molar-refractivity contribution in [3.8, 4) is 0 Å². The highest BCUT2D eigenvalue weighted by Crippen LogP contribution is 2.10. The summed E-state index contributed by atoms with van der Waals surface area (Å²) in [5.41, 5.74) is 1.73. The lowest BCUT2D eigenvalue weighted by atomic mass is 10.1. The van der Waals surface area contributed by atoms with E-state index in [4.69, 9.17) is 0 Å². The number of carbonyl (C=O) groups is 2. The molecule has 1 heterocycles. The maximum absolute atomic E-state index is 12.0. The van der Waals surface area contributed by atoms with Crippen LogP contribution in [0.15, 0.2) is 24.3 Å². The van der Waals surface area contributed by atoms with E-state index in [1.165, 1.54) is 0 Å². The maximum atomic E-state index is 12.0. The van der Waals surface area contributed by atoms with Gasteiger partial charge in [-0.25, -0.2) is 4.79 Å². The topological polar surface area (TPSA) is 40.6 Å². The molecule has 1 aromatic carbocycles. The molecule has 0 aliphatic carbocycles. The van der Waals surface area contributed by atoms with Gasteiger partial charge < -0.3 is 9.80 Å². The molecule has 0 unspecified atom stereocenters. The van der Waals surface area contributed by atoms with E-state index in [1.807, 2.05) is 25.1 Å². The van der Waals surface area contributed by atoms with Crippen LogP contribution in [0.1, 0.15) is 15.9 Å². The van der Waals surface area contributed by atoms with Crippen molar-refractivity contribution >= 4 is 11.8 Å². The summed E-state index contributed by atoms with van der Waals surface area (Å²) in [6.45, 7) is 3.45. The predicted octanol–water partition coefficient (Wildman–Crippen LogP) is 1.55. The van der Waals surface area contributed by atoms with Crippen molar-refractivity contribution in [1.82, 2.24) is 9.80 Å². The summed E-state index contributed by atoms with van der Waals surface area (Å²) in [5, 5.41) is 0. The third kappa shape index (κ3) is 2.46. The summed E-state index contributed by atoms with van der Waals surface area (Å²) in [6, 6.07) is 7.39. The molecule has 17 heavy (non-hydrogen) atoms. The van der Waals surface area contributed by atoms with Crippen molar-refractivity contribution in [1.29, 1.82) is 0 Å². The van der Waals surface area contributed by atoms with Crippen molar-refractivity contribution in [2.45, 2.75) is 6.92 Å². The highest BCUT2D eigenvalue weighted by molar-refractivity contribution is 5.99. The molecule has 0 aromatic heterocycles. The number of rotatable bonds is 3. The van der Waals surface area contributed by atoms with E-state index in [-0.39, 0.29) is 18.4 Å². The Balaban J connectivity index is 2.05. The predicted molar refractivity (Wildman–Crippen MR) is 65.1 cm³/mol. The van der Waals surface area contributed by atoms with E-state index in [9.17, 15) is 9.59 Å². The summed E-state index contributed by atoms with van der Waals surface area (Å²) < 4.78 is 0. The molecule has 1 aromatic rings. The molecular weight excluding hydrogens is 216 g/mol. The molecule has 0 bridgehead atoms. The van der Waals surface area contributed by atoms with E-state index < -0.39 is 0 Å². The molecule has 2 amide bonds. The molecular formula is C13H16N2O2. The highest BCUT2D eigenvalue weighted by atomic mass is 16.2. The Kier molecular flexibility index (Phi) is 3.13. The largest absolute Gasteiger partial charge is 0.326 e. The first kappa shape index (κ1) is 11.6. The maximum Gasteiger partial charge on any atom is 0.320 e. The average molecular weight is 232 g/mol. The molecule has 0 spiro atoms. The summed E-state index contributed by atoms with van der Waals surface area (Å²) in [6.07, 6.45) is 0. The molecule has 0 N–H and O–H groups in total. The van der Waals surface area contributed by atoms with Gasteiger partial charge in [0.15, 0.2) is 5.78 Å². The monoisotopic (exact) mass is 232 g/mol. The van der Waals surface area contributed by atoms with Crippen LogP contribution < -0.4 is 0 Å². The van der Waals surface area contributed by atoms with Gasteiger partial charge in [0.1, 0.15) is 0 Å². The molecule has 1 aliphatic rings. The van der Waals surface area contributed by atoms with Crippen LogP contribution >= 0.6 is 0 Å². The van der Waals surface area contributed by atoms with Crippen LogP contribution in [0.25, 0.3) is 0 Å². The molecule has 4 heteroatoms. The molecule has 0 radical (unpaired) electrons. The highest BCUT2D eigenvalue weighted by Gasteiger charge is 2.27. The minimum Gasteiger partial charge on any atom is -0.326 e.